The highest BCUT2D eigenvalue weighted by Crippen LogP contribution is 2.25. The van der Waals surface area contributed by atoms with Crippen LogP contribution in [0.15, 0.2) is 42.9 Å². The van der Waals surface area contributed by atoms with Crippen LogP contribution >= 0.6 is 0 Å². The van der Waals surface area contributed by atoms with Gasteiger partial charge < -0.3 is 19.9 Å². The van der Waals surface area contributed by atoms with Crippen molar-refractivity contribution in [3.8, 4) is 17.1 Å². The van der Waals surface area contributed by atoms with Gasteiger partial charge in [-0.2, -0.15) is 0 Å². The Bertz CT molecular complexity index is 1050. The summed E-state index contributed by atoms with van der Waals surface area (Å²) in [6.07, 6.45) is 7.35. The van der Waals surface area contributed by atoms with E-state index >= 15 is 0 Å². The van der Waals surface area contributed by atoms with E-state index in [0.29, 0.717) is 12.1 Å². The Morgan fingerprint density at radius 3 is 2.87 bits per heavy atom. The highest BCUT2D eigenvalue weighted by molar-refractivity contribution is 5.84. The van der Waals surface area contributed by atoms with E-state index in [4.69, 9.17) is 4.74 Å². The van der Waals surface area contributed by atoms with Gasteiger partial charge >= 0.3 is 6.09 Å². The maximum Gasteiger partial charge on any atom is 0.416 e. The number of fused-ring (bicyclic) bond motifs is 1. The van der Waals surface area contributed by atoms with Gasteiger partial charge in [-0.15, -0.1) is 0 Å². The van der Waals surface area contributed by atoms with Gasteiger partial charge in [0.2, 0.25) is 11.8 Å². The molecule has 1 saturated carbocycles. The molecule has 8 nitrogen and oxygen atoms in total. The number of H-pyrrole nitrogens is 1. The van der Waals surface area contributed by atoms with Crippen LogP contribution in [0, 0.1) is 0 Å². The van der Waals surface area contributed by atoms with Gasteiger partial charge in [0, 0.05) is 48.2 Å². The molecule has 8 heteroatoms. The molecule has 1 aliphatic rings. The fourth-order valence-corrected chi connectivity index (χ4v) is 3.81. The standard InChI is InChI=1S/C22H25N5O3/c1-3-20(28)26-16-5-6-17(11-16)27(2)22(29)30-21-13-24-19(12-25-21)14-4-7-18-15(10-14)8-9-23-18/h4,7-10,12-13,16-17,23H,3,5-6,11H2,1-2H3,(H,26,28)/t16-,17+/m0/s1. The smallest absolute Gasteiger partial charge is 0.389 e. The predicted octanol–water partition coefficient (Wildman–Crippen LogP) is 3.50. The summed E-state index contributed by atoms with van der Waals surface area (Å²) in [5.74, 6) is 0.198. The van der Waals surface area contributed by atoms with Gasteiger partial charge in [-0.1, -0.05) is 13.0 Å². The lowest BCUT2D eigenvalue weighted by Gasteiger charge is -2.23. The molecule has 0 bridgehead atoms. The average molecular weight is 407 g/mol. The number of amides is 2. The zero-order valence-corrected chi connectivity index (χ0v) is 17.1. The third kappa shape index (κ3) is 4.27. The summed E-state index contributed by atoms with van der Waals surface area (Å²) in [5, 5.41) is 4.08. The Morgan fingerprint density at radius 1 is 1.23 bits per heavy atom. The zero-order chi connectivity index (χ0) is 21.1. The predicted molar refractivity (Wildman–Crippen MR) is 113 cm³/mol. The van der Waals surface area contributed by atoms with Crippen molar-refractivity contribution in [2.45, 2.75) is 44.7 Å². The lowest BCUT2D eigenvalue weighted by atomic mass is 10.1. The summed E-state index contributed by atoms with van der Waals surface area (Å²) in [4.78, 5) is 37.4. The number of aromatic nitrogens is 3. The third-order valence-electron chi connectivity index (χ3n) is 5.60. The maximum atomic E-state index is 12.5. The van der Waals surface area contributed by atoms with Crippen LogP contribution in [0.2, 0.25) is 0 Å². The Kier molecular flexibility index (Phi) is 5.65. The lowest BCUT2D eigenvalue weighted by molar-refractivity contribution is -0.121. The molecule has 3 aromatic rings. The van der Waals surface area contributed by atoms with Crippen LogP contribution in [0.25, 0.3) is 22.2 Å². The van der Waals surface area contributed by atoms with Gasteiger partial charge in [0.15, 0.2) is 0 Å². The van der Waals surface area contributed by atoms with Crippen molar-refractivity contribution < 1.29 is 14.3 Å². The molecule has 0 saturated heterocycles. The number of nitrogens with one attached hydrogen (secondary N) is 2. The molecular weight excluding hydrogens is 382 g/mol. The van der Waals surface area contributed by atoms with E-state index in [1.54, 1.807) is 18.1 Å². The number of nitrogens with zero attached hydrogens (tertiary/aromatic N) is 3. The van der Waals surface area contributed by atoms with Crippen LogP contribution in [0.3, 0.4) is 0 Å². The molecule has 0 spiro atoms. The normalized spacial score (nSPS) is 18.3. The molecule has 30 heavy (non-hydrogen) atoms. The van der Waals surface area contributed by atoms with E-state index < -0.39 is 6.09 Å². The van der Waals surface area contributed by atoms with Crippen molar-refractivity contribution in [2.24, 2.45) is 0 Å². The molecule has 4 rings (SSSR count). The van der Waals surface area contributed by atoms with Gasteiger partial charge in [0.25, 0.3) is 0 Å². The Labute approximate surface area is 174 Å². The van der Waals surface area contributed by atoms with Crippen LogP contribution in [-0.4, -0.2) is 51.0 Å². The second-order valence-electron chi connectivity index (χ2n) is 7.58. The Balaban J connectivity index is 1.36. The molecule has 2 atom stereocenters. The summed E-state index contributed by atoms with van der Waals surface area (Å²) in [5.41, 5.74) is 2.70. The number of ether oxygens (including phenoxy) is 1. The van der Waals surface area contributed by atoms with Crippen LogP contribution < -0.4 is 10.1 Å². The molecule has 2 aromatic heterocycles. The lowest BCUT2D eigenvalue weighted by Crippen LogP contribution is -2.39. The maximum absolute atomic E-state index is 12.5. The Hall–Kier alpha value is -3.42. The fourth-order valence-electron chi connectivity index (χ4n) is 3.81. The quantitative estimate of drug-likeness (QED) is 0.674. The summed E-state index contributed by atoms with van der Waals surface area (Å²) < 4.78 is 5.40. The Morgan fingerprint density at radius 2 is 2.10 bits per heavy atom. The monoisotopic (exact) mass is 407 g/mol. The van der Waals surface area contributed by atoms with Crippen molar-refractivity contribution in [1.29, 1.82) is 0 Å². The highest BCUT2D eigenvalue weighted by Gasteiger charge is 2.31. The summed E-state index contributed by atoms with van der Waals surface area (Å²) >= 11 is 0. The zero-order valence-electron chi connectivity index (χ0n) is 17.1. The van der Waals surface area contributed by atoms with Gasteiger partial charge in [-0.05, 0) is 37.5 Å². The summed E-state index contributed by atoms with van der Waals surface area (Å²) in [7, 11) is 1.71. The molecule has 1 aliphatic carbocycles. The van der Waals surface area contributed by atoms with E-state index in [9.17, 15) is 9.59 Å². The van der Waals surface area contributed by atoms with Crippen LogP contribution in [0.1, 0.15) is 32.6 Å². The van der Waals surface area contributed by atoms with Gasteiger partial charge in [0.05, 0.1) is 18.1 Å². The van der Waals surface area contributed by atoms with E-state index in [1.807, 2.05) is 37.4 Å². The van der Waals surface area contributed by atoms with Crippen molar-refractivity contribution in [3.05, 3.63) is 42.9 Å². The SMILES string of the molecule is CCC(=O)N[C@H]1CC[C@@H](N(C)C(=O)Oc2cnc(-c3ccc4[nH]ccc4c3)cn2)C1. The van der Waals surface area contributed by atoms with E-state index in [2.05, 4.69) is 20.3 Å². The molecule has 0 radical (unpaired) electrons. The largest absolute Gasteiger partial charge is 0.416 e. The van der Waals surface area contributed by atoms with Crippen LogP contribution in [-0.2, 0) is 4.79 Å². The molecule has 1 fully saturated rings. The van der Waals surface area contributed by atoms with Crippen molar-refractivity contribution in [2.75, 3.05) is 7.05 Å². The molecule has 156 valence electrons. The van der Waals surface area contributed by atoms with Crippen molar-refractivity contribution in [1.82, 2.24) is 25.2 Å². The summed E-state index contributed by atoms with van der Waals surface area (Å²) in [6, 6.07) is 8.13. The van der Waals surface area contributed by atoms with E-state index in [1.165, 1.54) is 6.20 Å². The number of rotatable bonds is 5. The molecule has 2 heterocycles. The minimum Gasteiger partial charge on any atom is -0.389 e. The number of aromatic amines is 1. The first-order valence-corrected chi connectivity index (χ1v) is 10.2. The first-order valence-electron chi connectivity index (χ1n) is 10.2. The molecule has 2 N–H and O–H groups in total. The average Bonchev–Trinajstić information content (AvgIpc) is 3.42. The summed E-state index contributed by atoms with van der Waals surface area (Å²) in [6.45, 7) is 1.83. The van der Waals surface area contributed by atoms with Crippen molar-refractivity contribution in [3.63, 3.8) is 0 Å². The number of carbonyl (C=O) groups is 2. The van der Waals surface area contributed by atoms with Crippen molar-refractivity contribution >= 4 is 22.9 Å². The minimum atomic E-state index is -0.474. The fraction of sp³-hybridized carbons (Fsp3) is 0.364. The van der Waals surface area contributed by atoms with E-state index in [-0.39, 0.29) is 23.9 Å². The molecular formula is C22H25N5O3. The molecule has 0 unspecified atom stereocenters. The molecule has 1 aromatic carbocycles. The second kappa shape index (κ2) is 8.52. The molecule has 2 amide bonds. The van der Waals surface area contributed by atoms with Gasteiger partial charge in [-0.25, -0.2) is 14.8 Å². The number of hydrogen-bond acceptors (Lipinski definition) is 5. The highest BCUT2D eigenvalue weighted by atomic mass is 16.6. The van der Waals surface area contributed by atoms with Crippen LogP contribution in [0.5, 0.6) is 5.88 Å². The van der Waals surface area contributed by atoms with Gasteiger partial charge in [-0.3, -0.25) is 4.79 Å². The topological polar surface area (TPSA) is 100 Å². The molecule has 0 aliphatic heterocycles. The second-order valence-corrected chi connectivity index (χ2v) is 7.58. The number of benzene rings is 1. The minimum absolute atomic E-state index is 0.0277. The first kappa shape index (κ1) is 19.9. The van der Waals surface area contributed by atoms with E-state index in [0.717, 1.165) is 35.7 Å². The third-order valence-corrected chi connectivity index (χ3v) is 5.60. The number of carbonyl (C=O) groups excluding carboxylic acids is 2. The first-order chi connectivity index (χ1) is 14.5. The van der Waals surface area contributed by atoms with Gasteiger partial charge in [0.1, 0.15) is 0 Å². The number of hydrogen-bond donors (Lipinski definition) is 2. The van der Waals surface area contributed by atoms with Crippen LogP contribution in [0.4, 0.5) is 4.79 Å².